The average molecular weight is 374 g/mol. The van der Waals surface area contributed by atoms with Crippen molar-refractivity contribution >= 4 is 39.1 Å². The second kappa shape index (κ2) is 7.41. The zero-order valence-corrected chi connectivity index (χ0v) is 14.1. The Morgan fingerprint density at radius 2 is 2.05 bits per heavy atom. The second-order valence-corrected chi connectivity index (χ2v) is 6.21. The number of nitrogens with zero attached hydrogens (tertiary/aromatic N) is 1. The predicted octanol–water partition coefficient (Wildman–Crippen LogP) is 5.04. The van der Waals surface area contributed by atoms with Crippen LogP contribution in [0.3, 0.4) is 0 Å². The molecule has 0 aliphatic carbocycles. The van der Waals surface area contributed by atoms with Crippen LogP contribution in [0.5, 0.6) is 0 Å². The zero-order chi connectivity index (χ0) is 14.5. The monoisotopic (exact) mass is 372 g/mol. The highest BCUT2D eigenvalue weighted by Gasteiger charge is 2.14. The fourth-order valence-electron chi connectivity index (χ4n) is 2.03. The minimum absolute atomic E-state index is 0.121. The van der Waals surface area contributed by atoms with E-state index in [4.69, 9.17) is 23.2 Å². The highest BCUT2D eigenvalue weighted by molar-refractivity contribution is 9.10. The molecule has 2 rings (SSSR count). The number of hydrogen-bond acceptors (Lipinski definition) is 2. The summed E-state index contributed by atoms with van der Waals surface area (Å²) in [6.45, 7) is 2.94. The van der Waals surface area contributed by atoms with E-state index in [1.165, 1.54) is 0 Å². The third kappa shape index (κ3) is 4.19. The van der Waals surface area contributed by atoms with Gasteiger partial charge in [-0.1, -0.05) is 52.1 Å². The van der Waals surface area contributed by atoms with Gasteiger partial charge >= 0.3 is 0 Å². The standard InChI is InChI=1S/C15H15BrCl2N2/c1-2-19-15(14-6-5-12(17)9-20-14)7-10-3-4-11(16)8-13(10)18/h3-6,8-9,15,19H,2,7H2,1H3. The van der Waals surface area contributed by atoms with Crippen LogP contribution in [0.2, 0.25) is 10.0 Å². The van der Waals surface area contributed by atoms with E-state index in [1.807, 2.05) is 30.3 Å². The van der Waals surface area contributed by atoms with Gasteiger partial charge in [0.1, 0.15) is 0 Å². The van der Waals surface area contributed by atoms with Crippen molar-refractivity contribution in [3.05, 3.63) is 62.3 Å². The van der Waals surface area contributed by atoms with Gasteiger partial charge in [-0.25, -0.2) is 0 Å². The van der Waals surface area contributed by atoms with Crippen LogP contribution in [0.1, 0.15) is 24.2 Å². The summed E-state index contributed by atoms with van der Waals surface area (Å²) in [5.41, 5.74) is 2.06. The Balaban J connectivity index is 2.22. The minimum atomic E-state index is 0.121. The molecule has 1 aromatic heterocycles. The molecule has 1 aromatic carbocycles. The molecule has 0 saturated carbocycles. The Bertz CT molecular complexity index is 573. The molecule has 5 heteroatoms. The number of rotatable bonds is 5. The third-order valence-electron chi connectivity index (χ3n) is 3.00. The van der Waals surface area contributed by atoms with Gasteiger partial charge in [0, 0.05) is 15.7 Å². The van der Waals surface area contributed by atoms with Crippen molar-refractivity contribution in [2.75, 3.05) is 6.54 Å². The number of pyridine rings is 1. The summed E-state index contributed by atoms with van der Waals surface area (Å²) in [5.74, 6) is 0. The van der Waals surface area contributed by atoms with Crippen LogP contribution in [-0.4, -0.2) is 11.5 Å². The lowest BCUT2D eigenvalue weighted by molar-refractivity contribution is 0.537. The van der Waals surface area contributed by atoms with E-state index in [9.17, 15) is 0 Å². The predicted molar refractivity (Wildman–Crippen MR) is 88.5 cm³/mol. The van der Waals surface area contributed by atoms with Gasteiger partial charge in [0.2, 0.25) is 0 Å². The van der Waals surface area contributed by atoms with Crippen LogP contribution in [0.4, 0.5) is 0 Å². The molecule has 0 aliphatic heterocycles. The molecule has 1 unspecified atom stereocenters. The molecule has 0 spiro atoms. The normalized spacial score (nSPS) is 12.4. The van der Waals surface area contributed by atoms with Gasteiger partial charge in [0.05, 0.1) is 16.8 Å². The molecule has 0 bridgehead atoms. The summed E-state index contributed by atoms with van der Waals surface area (Å²) in [6.07, 6.45) is 2.46. The van der Waals surface area contributed by atoms with E-state index >= 15 is 0 Å². The molecule has 0 saturated heterocycles. The van der Waals surface area contributed by atoms with E-state index in [1.54, 1.807) is 6.20 Å². The van der Waals surface area contributed by atoms with E-state index in [0.29, 0.717) is 5.02 Å². The maximum absolute atomic E-state index is 6.29. The molecule has 0 amide bonds. The first-order chi connectivity index (χ1) is 9.60. The van der Waals surface area contributed by atoms with Gasteiger partial charge in [-0.2, -0.15) is 0 Å². The van der Waals surface area contributed by atoms with Gasteiger partial charge in [-0.05, 0) is 42.8 Å². The van der Waals surface area contributed by atoms with Crippen molar-refractivity contribution in [2.45, 2.75) is 19.4 Å². The van der Waals surface area contributed by atoms with Crippen LogP contribution in [0.15, 0.2) is 41.0 Å². The zero-order valence-electron chi connectivity index (χ0n) is 11.0. The summed E-state index contributed by atoms with van der Waals surface area (Å²) < 4.78 is 0.982. The number of nitrogens with one attached hydrogen (secondary N) is 1. The fourth-order valence-corrected chi connectivity index (χ4v) is 2.89. The molecule has 20 heavy (non-hydrogen) atoms. The number of benzene rings is 1. The first-order valence-corrected chi connectivity index (χ1v) is 7.93. The largest absolute Gasteiger partial charge is 0.309 e. The van der Waals surface area contributed by atoms with Crippen LogP contribution in [0, 0.1) is 0 Å². The smallest absolute Gasteiger partial charge is 0.0589 e. The molecular formula is C15H15BrCl2N2. The van der Waals surface area contributed by atoms with E-state index < -0.39 is 0 Å². The Kier molecular flexibility index (Phi) is 5.85. The molecular weight excluding hydrogens is 359 g/mol. The minimum Gasteiger partial charge on any atom is -0.309 e. The average Bonchev–Trinajstić information content (AvgIpc) is 2.42. The van der Waals surface area contributed by atoms with Crippen LogP contribution in [-0.2, 0) is 6.42 Å². The Morgan fingerprint density at radius 1 is 1.25 bits per heavy atom. The third-order valence-corrected chi connectivity index (χ3v) is 4.07. The Morgan fingerprint density at radius 3 is 2.65 bits per heavy atom. The van der Waals surface area contributed by atoms with Crippen molar-refractivity contribution in [3.63, 3.8) is 0 Å². The lowest BCUT2D eigenvalue weighted by atomic mass is 10.0. The number of aromatic nitrogens is 1. The van der Waals surface area contributed by atoms with Crippen molar-refractivity contribution in [1.29, 1.82) is 0 Å². The lowest BCUT2D eigenvalue weighted by Crippen LogP contribution is -2.24. The molecule has 0 aliphatic rings. The lowest BCUT2D eigenvalue weighted by Gasteiger charge is -2.18. The van der Waals surface area contributed by atoms with Gasteiger partial charge in [0.15, 0.2) is 0 Å². The number of halogens is 3. The highest BCUT2D eigenvalue weighted by Crippen LogP contribution is 2.26. The fraction of sp³-hybridized carbons (Fsp3) is 0.267. The topological polar surface area (TPSA) is 24.9 Å². The molecule has 1 N–H and O–H groups in total. The Labute approximate surface area is 137 Å². The maximum atomic E-state index is 6.29. The first-order valence-electron chi connectivity index (χ1n) is 6.39. The number of likely N-dealkylation sites (N-methyl/N-ethyl adjacent to an activating group) is 1. The van der Waals surface area contributed by atoms with E-state index in [-0.39, 0.29) is 6.04 Å². The van der Waals surface area contributed by atoms with Crippen LogP contribution >= 0.6 is 39.1 Å². The second-order valence-electron chi connectivity index (χ2n) is 4.45. The molecule has 2 nitrogen and oxygen atoms in total. The summed E-state index contributed by atoms with van der Waals surface area (Å²) in [4.78, 5) is 4.39. The molecule has 1 atom stereocenters. The van der Waals surface area contributed by atoms with Gasteiger partial charge < -0.3 is 5.32 Å². The van der Waals surface area contributed by atoms with E-state index in [2.05, 4.69) is 33.2 Å². The van der Waals surface area contributed by atoms with Crippen LogP contribution in [0.25, 0.3) is 0 Å². The number of hydrogen-bond donors (Lipinski definition) is 1. The SMILES string of the molecule is CCNC(Cc1ccc(Br)cc1Cl)c1ccc(Cl)cn1. The molecule has 0 fully saturated rings. The molecule has 106 valence electrons. The van der Waals surface area contributed by atoms with Crippen molar-refractivity contribution in [1.82, 2.24) is 10.3 Å². The van der Waals surface area contributed by atoms with E-state index in [0.717, 1.165) is 33.7 Å². The van der Waals surface area contributed by atoms with Crippen LogP contribution < -0.4 is 5.32 Å². The summed E-state index contributed by atoms with van der Waals surface area (Å²) in [6, 6.07) is 9.87. The summed E-state index contributed by atoms with van der Waals surface area (Å²) in [7, 11) is 0. The molecule has 1 heterocycles. The summed E-state index contributed by atoms with van der Waals surface area (Å²) in [5, 5.41) is 4.84. The van der Waals surface area contributed by atoms with Crippen molar-refractivity contribution in [3.8, 4) is 0 Å². The molecule has 0 radical (unpaired) electrons. The van der Waals surface area contributed by atoms with Gasteiger partial charge in [-0.15, -0.1) is 0 Å². The van der Waals surface area contributed by atoms with Gasteiger partial charge in [0.25, 0.3) is 0 Å². The van der Waals surface area contributed by atoms with Gasteiger partial charge in [-0.3, -0.25) is 4.98 Å². The molecule has 2 aromatic rings. The summed E-state index contributed by atoms with van der Waals surface area (Å²) >= 11 is 15.6. The highest BCUT2D eigenvalue weighted by atomic mass is 79.9. The van der Waals surface area contributed by atoms with Crippen molar-refractivity contribution < 1.29 is 0 Å². The maximum Gasteiger partial charge on any atom is 0.0589 e. The Hall–Kier alpha value is -0.610. The quantitative estimate of drug-likeness (QED) is 0.793. The first kappa shape index (κ1) is 15.8. The van der Waals surface area contributed by atoms with Crippen molar-refractivity contribution in [2.24, 2.45) is 0 Å².